The largest absolute Gasteiger partial charge is 0.295 e. The van der Waals surface area contributed by atoms with Gasteiger partial charge < -0.3 is 0 Å². The zero-order valence-electron chi connectivity index (χ0n) is 8.29. The molecule has 0 atom stereocenters. The summed E-state index contributed by atoms with van der Waals surface area (Å²) in [5, 5.41) is 0. The van der Waals surface area contributed by atoms with Gasteiger partial charge in [0.05, 0.1) is 0 Å². The molecule has 1 rings (SSSR count). The normalized spacial score (nSPS) is 11.5. The van der Waals surface area contributed by atoms with Crippen molar-refractivity contribution in [2.45, 2.75) is 20.8 Å². The van der Waals surface area contributed by atoms with Gasteiger partial charge in [-0.15, -0.1) is 0 Å². The molecule has 1 aromatic carbocycles. The number of carbonyl (C=O) groups excluding carboxylic acids is 1. The molecule has 0 aliphatic rings. The van der Waals surface area contributed by atoms with E-state index in [1.807, 2.05) is 32.0 Å². The fourth-order valence-corrected chi connectivity index (χ4v) is 1.28. The number of aryl methyl sites for hydroxylation is 1. The number of allylic oxidation sites excluding steroid dienone is 2. The molecule has 0 spiro atoms. The summed E-state index contributed by atoms with van der Waals surface area (Å²) < 4.78 is 0. The van der Waals surface area contributed by atoms with E-state index in [0.29, 0.717) is 0 Å². The Morgan fingerprint density at radius 2 is 2.00 bits per heavy atom. The molecule has 13 heavy (non-hydrogen) atoms. The van der Waals surface area contributed by atoms with Gasteiger partial charge in [0.2, 0.25) is 0 Å². The van der Waals surface area contributed by atoms with Crippen LogP contribution in [0.3, 0.4) is 0 Å². The van der Waals surface area contributed by atoms with Gasteiger partial charge >= 0.3 is 0 Å². The van der Waals surface area contributed by atoms with Gasteiger partial charge in [0.25, 0.3) is 0 Å². The van der Waals surface area contributed by atoms with Gasteiger partial charge in [-0.05, 0) is 38.0 Å². The van der Waals surface area contributed by atoms with Crippen LogP contribution in [0.2, 0.25) is 0 Å². The van der Waals surface area contributed by atoms with Gasteiger partial charge in [0.1, 0.15) is 0 Å². The highest BCUT2D eigenvalue weighted by atomic mass is 16.1. The molecule has 68 valence electrons. The predicted octanol–water partition coefficient (Wildman–Crippen LogP) is 2.99. The highest BCUT2D eigenvalue weighted by molar-refractivity contribution is 5.94. The van der Waals surface area contributed by atoms with E-state index in [1.54, 1.807) is 13.0 Å². The van der Waals surface area contributed by atoms with Crippen LogP contribution in [0.5, 0.6) is 0 Å². The van der Waals surface area contributed by atoms with Crippen molar-refractivity contribution in [1.29, 1.82) is 0 Å². The highest BCUT2D eigenvalue weighted by Gasteiger charge is 1.96. The molecule has 0 N–H and O–H groups in total. The van der Waals surface area contributed by atoms with Crippen LogP contribution in [0.15, 0.2) is 30.3 Å². The van der Waals surface area contributed by atoms with E-state index in [-0.39, 0.29) is 5.78 Å². The van der Waals surface area contributed by atoms with Gasteiger partial charge in [-0.3, -0.25) is 4.79 Å². The number of ketones is 1. The monoisotopic (exact) mass is 174 g/mol. The molecule has 0 amide bonds. The molecule has 0 heterocycles. The van der Waals surface area contributed by atoms with Crippen LogP contribution in [0.1, 0.15) is 25.0 Å². The van der Waals surface area contributed by atoms with Crippen LogP contribution >= 0.6 is 0 Å². The Bertz CT molecular complexity index is 348. The zero-order valence-corrected chi connectivity index (χ0v) is 8.29. The minimum atomic E-state index is 0.0963. The molecule has 0 aliphatic heterocycles. The fraction of sp³-hybridized carbons (Fsp3) is 0.250. The third kappa shape index (κ3) is 2.86. The van der Waals surface area contributed by atoms with E-state index in [9.17, 15) is 4.79 Å². The van der Waals surface area contributed by atoms with Crippen LogP contribution in [-0.4, -0.2) is 5.78 Å². The van der Waals surface area contributed by atoms with Crippen molar-refractivity contribution < 1.29 is 4.79 Å². The summed E-state index contributed by atoms with van der Waals surface area (Å²) in [6, 6.07) is 8.14. The van der Waals surface area contributed by atoms with Crippen molar-refractivity contribution in [2.24, 2.45) is 0 Å². The average Bonchev–Trinajstić information content (AvgIpc) is 2.03. The van der Waals surface area contributed by atoms with E-state index in [1.165, 1.54) is 5.56 Å². The SMILES string of the molecule is CC(=O)/C=C(/C)c1cccc(C)c1. The van der Waals surface area contributed by atoms with E-state index in [0.717, 1.165) is 11.1 Å². The van der Waals surface area contributed by atoms with Crippen molar-refractivity contribution in [2.75, 3.05) is 0 Å². The fourth-order valence-electron chi connectivity index (χ4n) is 1.28. The van der Waals surface area contributed by atoms with Gasteiger partial charge in [-0.1, -0.05) is 29.8 Å². The quantitative estimate of drug-likeness (QED) is 0.630. The third-order valence-corrected chi connectivity index (χ3v) is 1.89. The summed E-state index contributed by atoms with van der Waals surface area (Å²) in [4.78, 5) is 10.8. The lowest BCUT2D eigenvalue weighted by Crippen LogP contribution is -1.86. The van der Waals surface area contributed by atoms with Crippen LogP contribution in [0, 0.1) is 6.92 Å². The Morgan fingerprint density at radius 1 is 1.31 bits per heavy atom. The molecule has 1 heteroatoms. The summed E-state index contributed by atoms with van der Waals surface area (Å²) in [6.45, 7) is 5.57. The Kier molecular flexibility index (Phi) is 3.02. The molecule has 0 saturated heterocycles. The molecule has 1 aromatic rings. The molecular formula is C12H14O. The first-order valence-electron chi connectivity index (χ1n) is 4.35. The molecule has 0 aliphatic carbocycles. The maximum atomic E-state index is 10.8. The van der Waals surface area contributed by atoms with Crippen LogP contribution in [0.25, 0.3) is 5.57 Å². The van der Waals surface area contributed by atoms with Crippen molar-refractivity contribution >= 4 is 11.4 Å². The molecule has 0 radical (unpaired) electrons. The third-order valence-electron chi connectivity index (χ3n) is 1.89. The van der Waals surface area contributed by atoms with Crippen molar-refractivity contribution in [3.05, 3.63) is 41.5 Å². The van der Waals surface area contributed by atoms with Crippen LogP contribution < -0.4 is 0 Å². The molecule has 0 aromatic heterocycles. The molecule has 0 fully saturated rings. The van der Waals surface area contributed by atoms with Crippen LogP contribution in [0.4, 0.5) is 0 Å². The van der Waals surface area contributed by atoms with Gasteiger partial charge in [0.15, 0.2) is 5.78 Å². The number of benzene rings is 1. The first-order chi connectivity index (χ1) is 6.09. The Morgan fingerprint density at radius 3 is 2.54 bits per heavy atom. The van der Waals surface area contributed by atoms with E-state index >= 15 is 0 Å². The standard InChI is InChI=1S/C12H14O/c1-9-5-4-6-12(7-9)10(2)8-11(3)13/h4-8H,1-3H3/b10-8-. The second-order valence-corrected chi connectivity index (χ2v) is 3.31. The van der Waals surface area contributed by atoms with Crippen molar-refractivity contribution in [3.8, 4) is 0 Å². The summed E-state index contributed by atoms with van der Waals surface area (Å²) >= 11 is 0. The maximum Gasteiger partial charge on any atom is 0.152 e. The molecule has 1 nitrogen and oxygen atoms in total. The molecule has 0 saturated carbocycles. The predicted molar refractivity (Wildman–Crippen MR) is 55.5 cm³/mol. The van der Waals surface area contributed by atoms with Crippen LogP contribution in [-0.2, 0) is 4.79 Å². The van der Waals surface area contributed by atoms with E-state index in [2.05, 4.69) is 6.07 Å². The second-order valence-electron chi connectivity index (χ2n) is 3.31. The number of carbonyl (C=O) groups is 1. The summed E-state index contributed by atoms with van der Waals surface area (Å²) in [6.07, 6.45) is 1.66. The van der Waals surface area contributed by atoms with E-state index < -0.39 is 0 Å². The van der Waals surface area contributed by atoms with Gasteiger partial charge in [-0.25, -0.2) is 0 Å². The second kappa shape index (κ2) is 4.04. The zero-order chi connectivity index (χ0) is 9.84. The first kappa shape index (κ1) is 9.72. The van der Waals surface area contributed by atoms with E-state index in [4.69, 9.17) is 0 Å². The lowest BCUT2D eigenvalue weighted by molar-refractivity contribution is -0.112. The summed E-state index contributed by atoms with van der Waals surface area (Å²) in [5.41, 5.74) is 3.36. The average molecular weight is 174 g/mol. The van der Waals surface area contributed by atoms with Crippen molar-refractivity contribution in [1.82, 2.24) is 0 Å². The Hall–Kier alpha value is -1.37. The first-order valence-corrected chi connectivity index (χ1v) is 4.35. The lowest BCUT2D eigenvalue weighted by Gasteiger charge is -2.01. The number of hydrogen-bond donors (Lipinski definition) is 0. The minimum Gasteiger partial charge on any atom is -0.295 e. The van der Waals surface area contributed by atoms with Gasteiger partial charge in [-0.2, -0.15) is 0 Å². The summed E-state index contributed by atoms with van der Waals surface area (Å²) in [5.74, 6) is 0.0963. The summed E-state index contributed by atoms with van der Waals surface area (Å²) in [7, 11) is 0. The molecular weight excluding hydrogens is 160 g/mol. The maximum absolute atomic E-state index is 10.8. The van der Waals surface area contributed by atoms with Gasteiger partial charge in [0, 0.05) is 0 Å². The number of rotatable bonds is 2. The molecule has 0 unspecified atom stereocenters. The lowest BCUT2D eigenvalue weighted by atomic mass is 10.0. The smallest absolute Gasteiger partial charge is 0.152 e. The topological polar surface area (TPSA) is 17.1 Å². The van der Waals surface area contributed by atoms with Crippen molar-refractivity contribution in [3.63, 3.8) is 0 Å². The minimum absolute atomic E-state index is 0.0963. The molecule has 0 bridgehead atoms. The number of hydrogen-bond acceptors (Lipinski definition) is 1. The Balaban J connectivity index is 3.02. The highest BCUT2D eigenvalue weighted by Crippen LogP contribution is 2.14. The Labute approximate surface area is 79.1 Å².